The lowest BCUT2D eigenvalue weighted by Gasteiger charge is -2.12. The van der Waals surface area contributed by atoms with Crippen molar-refractivity contribution in [3.05, 3.63) is 29.5 Å². The Labute approximate surface area is 107 Å². The molecule has 0 unspecified atom stereocenters. The van der Waals surface area contributed by atoms with E-state index in [-0.39, 0.29) is 6.01 Å². The van der Waals surface area contributed by atoms with Crippen LogP contribution in [0.15, 0.2) is 22.6 Å². The molecular formula is C14H18N2O2. The third kappa shape index (κ3) is 2.18. The second-order valence-electron chi connectivity index (χ2n) is 4.58. The van der Waals surface area contributed by atoms with Crippen molar-refractivity contribution in [2.24, 2.45) is 0 Å². The number of oxazole rings is 1. The molecule has 0 saturated heterocycles. The average Bonchev–Trinajstić information content (AvgIpc) is 2.67. The van der Waals surface area contributed by atoms with Crippen LogP contribution in [0.5, 0.6) is 5.75 Å². The fraction of sp³-hybridized carbons (Fsp3) is 0.357. The van der Waals surface area contributed by atoms with Gasteiger partial charge in [-0.15, -0.1) is 0 Å². The van der Waals surface area contributed by atoms with Crippen molar-refractivity contribution in [1.82, 2.24) is 4.98 Å². The Balaban J connectivity index is 2.53. The number of ether oxygens (including phenoxy) is 1. The SMILES string of the molecule is COc1ccc(-c2oc(N)nc2C)cc1C(C)C. The quantitative estimate of drug-likeness (QED) is 0.902. The maximum absolute atomic E-state index is 5.57. The third-order valence-electron chi connectivity index (χ3n) is 2.93. The normalized spacial score (nSPS) is 10.9. The molecule has 4 heteroatoms. The Morgan fingerprint density at radius 2 is 2.06 bits per heavy atom. The summed E-state index contributed by atoms with van der Waals surface area (Å²) in [5, 5.41) is 0. The maximum Gasteiger partial charge on any atom is 0.292 e. The number of nitrogen functional groups attached to an aromatic ring is 1. The Morgan fingerprint density at radius 1 is 1.33 bits per heavy atom. The molecule has 0 fully saturated rings. The zero-order valence-corrected chi connectivity index (χ0v) is 11.2. The number of hydrogen-bond acceptors (Lipinski definition) is 4. The van der Waals surface area contributed by atoms with E-state index in [2.05, 4.69) is 24.9 Å². The molecule has 1 heterocycles. The highest BCUT2D eigenvalue weighted by atomic mass is 16.5. The lowest BCUT2D eigenvalue weighted by atomic mass is 9.98. The number of benzene rings is 1. The van der Waals surface area contributed by atoms with Gasteiger partial charge in [0.25, 0.3) is 6.01 Å². The number of nitrogens with two attached hydrogens (primary N) is 1. The summed E-state index contributed by atoms with van der Waals surface area (Å²) in [6.45, 7) is 6.14. The van der Waals surface area contributed by atoms with Crippen LogP contribution in [-0.4, -0.2) is 12.1 Å². The van der Waals surface area contributed by atoms with Crippen molar-refractivity contribution in [3.8, 4) is 17.1 Å². The third-order valence-corrected chi connectivity index (χ3v) is 2.93. The molecule has 2 rings (SSSR count). The van der Waals surface area contributed by atoms with Crippen LogP contribution < -0.4 is 10.5 Å². The number of aromatic nitrogens is 1. The predicted molar refractivity (Wildman–Crippen MR) is 71.7 cm³/mol. The second-order valence-corrected chi connectivity index (χ2v) is 4.58. The van der Waals surface area contributed by atoms with Crippen LogP contribution in [-0.2, 0) is 0 Å². The van der Waals surface area contributed by atoms with E-state index < -0.39 is 0 Å². The van der Waals surface area contributed by atoms with Crippen LogP contribution in [0.3, 0.4) is 0 Å². The number of anilines is 1. The van der Waals surface area contributed by atoms with Gasteiger partial charge in [-0.1, -0.05) is 13.8 Å². The van der Waals surface area contributed by atoms with E-state index in [1.807, 2.05) is 19.1 Å². The first-order valence-electron chi connectivity index (χ1n) is 5.94. The summed E-state index contributed by atoms with van der Waals surface area (Å²) in [5.41, 5.74) is 8.48. The Hall–Kier alpha value is -1.97. The summed E-state index contributed by atoms with van der Waals surface area (Å²) in [6.07, 6.45) is 0. The molecule has 0 amide bonds. The molecule has 4 nitrogen and oxygen atoms in total. The van der Waals surface area contributed by atoms with Gasteiger partial charge in [-0.3, -0.25) is 0 Å². The number of aryl methyl sites for hydroxylation is 1. The molecule has 0 aliphatic carbocycles. The topological polar surface area (TPSA) is 61.3 Å². The molecule has 2 N–H and O–H groups in total. The molecule has 1 aromatic heterocycles. The highest BCUT2D eigenvalue weighted by Gasteiger charge is 2.14. The van der Waals surface area contributed by atoms with E-state index in [4.69, 9.17) is 14.9 Å². The fourth-order valence-electron chi connectivity index (χ4n) is 2.01. The van der Waals surface area contributed by atoms with E-state index in [0.29, 0.717) is 5.92 Å². The van der Waals surface area contributed by atoms with Gasteiger partial charge in [-0.2, -0.15) is 4.98 Å². The van der Waals surface area contributed by atoms with Gasteiger partial charge < -0.3 is 14.9 Å². The van der Waals surface area contributed by atoms with Gasteiger partial charge in [0.1, 0.15) is 5.75 Å². The minimum Gasteiger partial charge on any atom is -0.496 e. The van der Waals surface area contributed by atoms with Crippen molar-refractivity contribution in [2.45, 2.75) is 26.7 Å². The van der Waals surface area contributed by atoms with Crippen LogP contribution in [0.2, 0.25) is 0 Å². The van der Waals surface area contributed by atoms with E-state index >= 15 is 0 Å². The summed E-state index contributed by atoms with van der Waals surface area (Å²) in [6, 6.07) is 6.17. The zero-order valence-electron chi connectivity index (χ0n) is 11.2. The van der Waals surface area contributed by atoms with E-state index in [1.54, 1.807) is 7.11 Å². The lowest BCUT2D eigenvalue weighted by molar-refractivity contribution is 0.407. The number of rotatable bonds is 3. The first-order chi connectivity index (χ1) is 8.52. The summed E-state index contributed by atoms with van der Waals surface area (Å²) < 4.78 is 10.8. The van der Waals surface area contributed by atoms with E-state index in [0.717, 1.165) is 28.3 Å². The molecule has 1 aromatic carbocycles. The summed E-state index contributed by atoms with van der Waals surface area (Å²) in [5.74, 6) is 1.98. The molecule has 0 spiro atoms. The van der Waals surface area contributed by atoms with Crippen LogP contribution in [0.1, 0.15) is 31.0 Å². The molecule has 0 saturated carbocycles. The fourth-order valence-corrected chi connectivity index (χ4v) is 2.01. The zero-order chi connectivity index (χ0) is 13.3. The van der Waals surface area contributed by atoms with Crippen molar-refractivity contribution >= 4 is 6.01 Å². The minimum atomic E-state index is 0.199. The molecule has 2 aromatic rings. The first-order valence-corrected chi connectivity index (χ1v) is 5.94. The Morgan fingerprint density at radius 3 is 2.56 bits per heavy atom. The van der Waals surface area contributed by atoms with Crippen molar-refractivity contribution < 1.29 is 9.15 Å². The molecule has 0 atom stereocenters. The van der Waals surface area contributed by atoms with E-state index in [9.17, 15) is 0 Å². The first kappa shape index (κ1) is 12.5. The second kappa shape index (κ2) is 4.72. The predicted octanol–water partition coefficient (Wildman–Crippen LogP) is 3.36. The molecule has 96 valence electrons. The smallest absolute Gasteiger partial charge is 0.292 e. The van der Waals surface area contributed by atoms with Crippen LogP contribution in [0.25, 0.3) is 11.3 Å². The van der Waals surface area contributed by atoms with Crippen molar-refractivity contribution in [1.29, 1.82) is 0 Å². The maximum atomic E-state index is 5.57. The van der Waals surface area contributed by atoms with Crippen molar-refractivity contribution in [3.63, 3.8) is 0 Å². The average molecular weight is 246 g/mol. The van der Waals surface area contributed by atoms with Gasteiger partial charge >= 0.3 is 0 Å². The Kier molecular flexibility index (Phi) is 3.28. The molecule has 18 heavy (non-hydrogen) atoms. The van der Waals surface area contributed by atoms with Gasteiger partial charge in [-0.25, -0.2) is 0 Å². The number of hydrogen-bond donors (Lipinski definition) is 1. The molecular weight excluding hydrogens is 228 g/mol. The molecule has 0 radical (unpaired) electrons. The van der Waals surface area contributed by atoms with Crippen molar-refractivity contribution in [2.75, 3.05) is 12.8 Å². The molecule has 0 aliphatic rings. The van der Waals surface area contributed by atoms with Crippen LogP contribution >= 0.6 is 0 Å². The monoisotopic (exact) mass is 246 g/mol. The number of nitrogens with zero attached hydrogens (tertiary/aromatic N) is 1. The Bertz CT molecular complexity index is 559. The minimum absolute atomic E-state index is 0.199. The molecule has 0 aliphatic heterocycles. The van der Waals surface area contributed by atoms with Gasteiger partial charge in [0.15, 0.2) is 5.76 Å². The van der Waals surface area contributed by atoms with E-state index in [1.165, 1.54) is 0 Å². The van der Waals surface area contributed by atoms with Crippen LogP contribution in [0, 0.1) is 6.92 Å². The van der Waals surface area contributed by atoms with Gasteiger partial charge in [0.2, 0.25) is 0 Å². The van der Waals surface area contributed by atoms with Gasteiger partial charge in [-0.05, 0) is 36.6 Å². The summed E-state index contributed by atoms with van der Waals surface area (Å²) >= 11 is 0. The highest BCUT2D eigenvalue weighted by Crippen LogP contribution is 2.33. The molecule has 0 bridgehead atoms. The largest absolute Gasteiger partial charge is 0.496 e. The number of methoxy groups -OCH3 is 1. The van der Waals surface area contributed by atoms with Gasteiger partial charge in [0, 0.05) is 5.56 Å². The highest BCUT2D eigenvalue weighted by molar-refractivity contribution is 5.63. The lowest BCUT2D eigenvalue weighted by Crippen LogP contribution is -1.95. The standard InChI is InChI=1S/C14H18N2O2/c1-8(2)11-7-10(5-6-12(11)17-4)13-9(3)16-14(15)18-13/h5-8H,1-4H3,(H2,15,16). The summed E-state index contributed by atoms with van der Waals surface area (Å²) in [4.78, 5) is 4.08. The summed E-state index contributed by atoms with van der Waals surface area (Å²) in [7, 11) is 1.68. The van der Waals surface area contributed by atoms with Gasteiger partial charge in [0.05, 0.1) is 12.8 Å². The van der Waals surface area contributed by atoms with Crippen LogP contribution in [0.4, 0.5) is 6.01 Å².